The minimum atomic E-state index is -1.32. The minimum Gasteiger partial charge on any atom is -0.480 e. The zero-order chi connectivity index (χ0) is 18.9. The van der Waals surface area contributed by atoms with E-state index in [1.807, 2.05) is 0 Å². The first-order valence-electron chi connectivity index (χ1n) is 7.38. The van der Waals surface area contributed by atoms with E-state index < -0.39 is 42.0 Å². The molecular weight excluding hydrogens is 320 g/mol. The summed E-state index contributed by atoms with van der Waals surface area (Å²) in [5.41, 5.74) is 15.7. The number of nitrogens with one attached hydrogen (secondary N) is 2. The van der Waals surface area contributed by atoms with Crippen molar-refractivity contribution in [3.63, 3.8) is 0 Å². The second kappa shape index (κ2) is 10.4. The molecule has 0 aliphatic carbocycles. The predicted molar refractivity (Wildman–Crippen MR) is 86.7 cm³/mol. The van der Waals surface area contributed by atoms with Gasteiger partial charge in [-0.3, -0.25) is 14.6 Å². The van der Waals surface area contributed by atoms with Gasteiger partial charge < -0.3 is 38.0 Å². The Morgan fingerprint density at radius 3 is 2.12 bits per heavy atom. The maximum atomic E-state index is 12.1. The number of rotatable bonds is 10. The summed E-state index contributed by atoms with van der Waals surface area (Å²) in [6.07, 6.45) is -0.837. The number of carboxylic acid groups (broad SMARTS) is 1. The molecule has 0 heterocycles. The number of aliphatic imine (C=N–C) groups is 1. The summed E-state index contributed by atoms with van der Waals surface area (Å²) in [6.45, 7) is 2.92. The van der Waals surface area contributed by atoms with E-state index in [-0.39, 0.29) is 18.9 Å². The number of hydrogen-bond donors (Lipinski definition) is 7. The molecule has 0 spiro atoms. The SMILES string of the molecule is CC(N)C(=O)NC(C(=O)NC(CCCN=C(N)N)C(=O)O)C(C)O. The molecule has 0 aromatic rings. The van der Waals surface area contributed by atoms with Crippen molar-refractivity contribution in [1.82, 2.24) is 10.6 Å². The molecule has 4 atom stereocenters. The molecule has 0 bridgehead atoms. The number of nitrogens with two attached hydrogens (primary N) is 3. The van der Waals surface area contributed by atoms with E-state index in [1.54, 1.807) is 0 Å². The van der Waals surface area contributed by atoms with Crippen molar-refractivity contribution in [3.8, 4) is 0 Å². The van der Waals surface area contributed by atoms with E-state index in [0.717, 1.165) is 0 Å². The molecule has 2 amide bonds. The molecule has 0 aromatic carbocycles. The molecule has 10 N–H and O–H groups in total. The summed E-state index contributed by atoms with van der Waals surface area (Å²) in [5.74, 6) is -2.83. The van der Waals surface area contributed by atoms with E-state index in [0.29, 0.717) is 6.42 Å². The highest BCUT2D eigenvalue weighted by Crippen LogP contribution is 2.02. The van der Waals surface area contributed by atoms with Gasteiger partial charge in [0.25, 0.3) is 0 Å². The van der Waals surface area contributed by atoms with Gasteiger partial charge in [0.2, 0.25) is 11.8 Å². The number of amides is 2. The Balaban J connectivity index is 4.78. The Labute approximate surface area is 139 Å². The fourth-order valence-electron chi connectivity index (χ4n) is 1.71. The molecule has 24 heavy (non-hydrogen) atoms. The number of carboxylic acids is 1. The van der Waals surface area contributed by atoms with Crippen molar-refractivity contribution in [2.24, 2.45) is 22.2 Å². The summed E-state index contributed by atoms with van der Waals surface area (Å²) in [5, 5.41) is 23.3. The standard InChI is InChI=1S/C13H26N6O5/c1-6(14)10(21)19-9(7(2)20)11(22)18-8(12(23)24)4-3-5-17-13(15)16/h6-9,20H,3-5,14H2,1-2H3,(H,18,22)(H,19,21)(H,23,24)(H4,15,16,17). The summed E-state index contributed by atoms with van der Waals surface area (Å²) in [7, 11) is 0. The Bertz CT molecular complexity index is 475. The Morgan fingerprint density at radius 1 is 1.12 bits per heavy atom. The Morgan fingerprint density at radius 2 is 1.71 bits per heavy atom. The van der Waals surface area contributed by atoms with Gasteiger partial charge in [0.1, 0.15) is 12.1 Å². The first-order valence-corrected chi connectivity index (χ1v) is 7.38. The fourth-order valence-corrected chi connectivity index (χ4v) is 1.71. The van der Waals surface area contributed by atoms with Gasteiger partial charge in [-0.25, -0.2) is 4.79 Å². The van der Waals surface area contributed by atoms with Crippen molar-refractivity contribution in [2.45, 2.75) is 50.9 Å². The number of aliphatic hydroxyl groups excluding tert-OH is 1. The smallest absolute Gasteiger partial charge is 0.326 e. The first kappa shape index (κ1) is 21.6. The third-order valence-electron chi connectivity index (χ3n) is 3.04. The number of carbonyl (C=O) groups excluding carboxylic acids is 2. The molecule has 0 saturated heterocycles. The maximum absolute atomic E-state index is 12.1. The van der Waals surface area contributed by atoms with Gasteiger partial charge in [0.15, 0.2) is 5.96 Å². The van der Waals surface area contributed by atoms with Crippen LogP contribution in [0.25, 0.3) is 0 Å². The van der Waals surface area contributed by atoms with Gasteiger partial charge in [-0.2, -0.15) is 0 Å². The molecule has 0 rings (SSSR count). The van der Waals surface area contributed by atoms with E-state index in [2.05, 4.69) is 15.6 Å². The largest absolute Gasteiger partial charge is 0.480 e. The van der Waals surface area contributed by atoms with E-state index in [1.165, 1.54) is 13.8 Å². The van der Waals surface area contributed by atoms with Crippen LogP contribution in [0.3, 0.4) is 0 Å². The molecule has 4 unspecified atom stereocenters. The van der Waals surface area contributed by atoms with Crippen LogP contribution in [0.2, 0.25) is 0 Å². The zero-order valence-electron chi connectivity index (χ0n) is 13.7. The summed E-state index contributed by atoms with van der Waals surface area (Å²) in [4.78, 5) is 38.6. The Hall–Kier alpha value is -2.40. The van der Waals surface area contributed by atoms with Crippen molar-refractivity contribution in [2.75, 3.05) is 6.54 Å². The van der Waals surface area contributed by atoms with Crippen molar-refractivity contribution >= 4 is 23.7 Å². The highest BCUT2D eigenvalue weighted by molar-refractivity contribution is 5.92. The lowest BCUT2D eigenvalue weighted by Gasteiger charge is -2.24. The van der Waals surface area contributed by atoms with Crippen LogP contribution in [0.4, 0.5) is 0 Å². The van der Waals surface area contributed by atoms with Gasteiger partial charge in [0.05, 0.1) is 12.1 Å². The average molecular weight is 346 g/mol. The van der Waals surface area contributed by atoms with Crippen molar-refractivity contribution < 1.29 is 24.6 Å². The van der Waals surface area contributed by atoms with Crippen molar-refractivity contribution in [3.05, 3.63) is 0 Å². The zero-order valence-corrected chi connectivity index (χ0v) is 13.7. The molecule has 11 heteroatoms. The molecular formula is C13H26N6O5. The second-order valence-electron chi connectivity index (χ2n) is 5.36. The third kappa shape index (κ3) is 8.29. The first-order chi connectivity index (χ1) is 11.1. The minimum absolute atomic E-state index is 0.0750. The number of aliphatic carboxylic acids is 1. The topological polar surface area (TPSA) is 206 Å². The van der Waals surface area contributed by atoms with Crippen LogP contribution < -0.4 is 27.8 Å². The number of hydrogen-bond acceptors (Lipinski definition) is 6. The van der Waals surface area contributed by atoms with Gasteiger partial charge in [-0.1, -0.05) is 0 Å². The second-order valence-corrected chi connectivity index (χ2v) is 5.36. The summed E-state index contributed by atoms with van der Waals surface area (Å²) < 4.78 is 0. The number of aliphatic hydroxyl groups is 1. The van der Waals surface area contributed by atoms with Gasteiger partial charge >= 0.3 is 5.97 Å². The molecule has 138 valence electrons. The number of guanidine groups is 1. The van der Waals surface area contributed by atoms with Crippen LogP contribution in [0.1, 0.15) is 26.7 Å². The molecule has 0 aromatic heterocycles. The number of carbonyl (C=O) groups is 3. The summed E-state index contributed by atoms with van der Waals surface area (Å²) in [6, 6.07) is -3.41. The van der Waals surface area contributed by atoms with E-state index in [4.69, 9.17) is 22.3 Å². The quantitative estimate of drug-likeness (QED) is 0.122. The molecule has 11 nitrogen and oxygen atoms in total. The monoisotopic (exact) mass is 346 g/mol. The van der Waals surface area contributed by atoms with Crippen molar-refractivity contribution in [1.29, 1.82) is 0 Å². The number of nitrogens with zero attached hydrogens (tertiary/aromatic N) is 1. The Kier molecular flexibility index (Phi) is 9.35. The average Bonchev–Trinajstić information content (AvgIpc) is 2.46. The van der Waals surface area contributed by atoms with Crippen LogP contribution in [0, 0.1) is 0 Å². The fraction of sp³-hybridized carbons (Fsp3) is 0.692. The molecule has 0 aliphatic heterocycles. The van der Waals surface area contributed by atoms with Gasteiger partial charge in [-0.15, -0.1) is 0 Å². The molecule has 0 saturated carbocycles. The van der Waals surface area contributed by atoms with Crippen LogP contribution in [-0.2, 0) is 14.4 Å². The lowest BCUT2D eigenvalue weighted by atomic mass is 10.1. The lowest BCUT2D eigenvalue weighted by Crippen LogP contribution is -2.57. The van der Waals surface area contributed by atoms with E-state index in [9.17, 15) is 19.5 Å². The van der Waals surface area contributed by atoms with Crippen LogP contribution in [0.5, 0.6) is 0 Å². The predicted octanol–water partition coefficient (Wildman–Crippen LogP) is -3.18. The highest BCUT2D eigenvalue weighted by atomic mass is 16.4. The van der Waals surface area contributed by atoms with E-state index >= 15 is 0 Å². The lowest BCUT2D eigenvalue weighted by molar-refractivity contribution is -0.143. The third-order valence-corrected chi connectivity index (χ3v) is 3.04. The molecule has 0 fully saturated rings. The van der Waals surface area contributed by atoms with Gasteiger partial charge in [-0.05, 0) is 26.7 Å². The van der Waals surface area contributed by atoms with Crippen LogP contribution in [0.15, 0.2) is 4.99 Å². The normalized spacial score (nSPS) is 15.5. The van der Waals surface area contributed by atoms with Crippen LogP contribution >= 0.6 is 0 Å². The maximum Gasteiger partial charge on any atom is 0.326 e. The molecule has 0 aliphatic rings. The highest BCUT2D eigenvalue weighted by Gasteiger charge is 2.30. The molecule has 0 radical (unpaired) electrons. The van der Waals surface area contributed by atoms with Gasteiger partial charge in [0, 0.05) is 6.54 Å². The summed E-state index contributed by atoms with van der Waals surface area (Å²) >= 11 is 0. The van der Waals surface area contributed by atoms with Crippen LogP contribution in [-0.4, -0.2) is 64.7 Å².